The number of methoxy groups -OCH3 is 1. The Morgan fingerprint density at radius 2 is 2.10 bits per heavy atom. The van der Waals surface area contributed by atoms with Crippen LogP contribution < -0.4 is 9.64 Å². The molecule has 0 radical (unpaired) electrons. The summed E-state index contributed by atoms with van der Waals surface area (Å²) in [6.45, 7) is 3.17. The SMILES string of the molecule is COc1ccc([N+](=O)[O-])c(N2CCN(CC#N)CC2)c1. The topological polar surface area (TPSA) is 82.6 Å². The number of rotatable bonds is 4. The number of anilines is 1. The first-order valence-electron chi connectivity index (χ1n) is 6.32. The van der Waals surface area contributed by atoms with Gasteiger partial charge in [0.05, 0.1) is 24.6 Å². The smallest absolute Gasteiger partial charge is 0.292 e. The number of ether oxygens (including phenoxy) is 1. The van der Waals surface area contributed by atoms with Crippen molar-refractivity contribution in [3.05, 3.63) is 28.3 Å². The lowest BCUT2D eigenvalue weighted by Crippen LogP contribution is -2.46. The average molecular weight is 276 g/mol. The third-order valence-corrected chi connectivity index (χ3v) is 3.39. The molecule has 2 rings (SSSR count). The van der Waals surface area contributed by atoms with Crippen molar-refractivity contribution in [3.63, 3.8) is 0 Å². The summed E-state index contributed by atoms with van der Waals surface area (Å²) in [4.78, 5) is 14.7. The number of nitro benzene ring substituents is 1. The van der Waals surface area contributed by atoms with Crippen LogP contribution in [0.4, 0.5) is 11.4 Å². The van der Waals surface area contributed by atoms with Crippen LogP contribution in [-0.2, 0) is 0 Å². The predicted molar refractivity (Wildman–Crippen MR) is 73.9 cm³/mol. The molecule has 0 aliphatic carbocycles. The summed E-state index contributed by atoms with van der Waals surface area (Å²) >= 11 is 0. The standard InChI is InChI=1S/C13H16N4O3/c1-20-11-2-3-12(17(18)19)13(10-11)16-8-6-15(5-4-14)7-9-16/h2-3,10H,5-9H2,1H3. The zero-order valence-electron chi connectivity index (χ0n) is 11.3. The monoisotopic (exact) mass is 276 g/mol. The summed E-state index contributed by atoms with van der Waals surface area (Å²) in [5.41, 5.74) is 0.658. The van der Waals surface area contributed by atoms with E-state index in [-0.39, 0.29) is 10.6 Å². The van der Waals surface area contributed by atoms with Crippen molar-refractivity contribution >= 4 is 11.4 Å². The fourth-order valence-electron chi connectivity index (χ4n) is 2.28. The third-order valence-electron chi connectivity index (χ3n) is 3.39. The Hall–Kier alpha value is -2.33. The lowest BCUT2D eigenvalue weighted by Gasteiger charge is -2.34. The fraction of sp³-hybridized carbons (Fsp3) is 0.462. The van der Waals surface area contributed by atoms with Crippen LogP contribution in [0, 0.1) is 21.4 Å². The van der Waals surface area contributed by atoms with Gasteiger partial charge in [-0.05, 0) is 6.07 Å². The normalized spacial score (nSPS) is 15.7. The van der Waals surface area contributed by atoms with E-state index in [9.17, 15) is 10.1 Å². The van der Waals surface area contributed by atoms with Crippen molar-refractivity contribution in [2.45, 2.75) is 0 Å². The number of benzene rings is 1. The molecule has 7 nitrogen and oxygen atoms in total. The zero-order chi connectivity index (χ0) is 14.5. The summed E-state index contributed by atoms with van der Waals surface area (Å²) in [5.74, 6) is 0.602. The Kier molecular flexibility index (Phi) is 4.38. The second kappa shape index (κ2) is 6.21. The summed E-state index contributed by atoms with van der Waals surface area (Å²) in [6.07, 6.45) is 0. The number of hydrogen-bond acceptors (Lipinski definition) is 6. The highest BCUT2D eigenvalue weighted by molar-refractivity contribution is 5.66. The molecule has 0 atom stereocenters. The summed E-state index contributed by atoms with van der Waals surface area (Å²) < 4.78 is 5.14. The molecule has 1 saturated heterocycles. The molecule has 1 fully saturated rings. The first-order valence-corrected chi connectivity index (χ1v) is 6.32. The van der Waals surface area contributed by atoms with Crippen molar-refractivity contribution in [2.24, 2.45) is 0 Å². The Labute approximate surface area is 117 Å². The highest BCUT2D eigenvalue weighted by Gasteiger charge is 2.24. The van der Waals surface area contributed by atoms with Crippen LogP contribution >= 0.6 is 0 Å². The highest BCUT2D eigenvalue weighted by atomic mass is 16.6. The number of nitrogens with zero attached hydrogens (tertiary/aromatic N) is 4. The maximum Gasteiger partial charge on any atom is 0.292 e. The molecule has 20 heavy (non-hydrogen) atoms. The van der Waals surface area contributed by atoms with Gasteiger partial charge in [0.25, 0.3) is 5.69 Å². The van der Waals surface area contributed by atoms with Gasteiger partial charge < -0.3 is 9.64 Å². The van der Waals surface area contributed by atoms with Gasteiger partial charge in [-0.3, -0.25) is 15.0 Å². The molecule has 1 aliphatic rings. The molecule has 0 aromatic heterocycles. The van der Waals surface area contributed by atoms with Crippen molar-refractivity contribution in [2.75, 3.05) is 44.7 Å². The van der Waals surface area contributed by atoms with Gasteiger partial charge in [-0.15, -0.1) is 0 Å². The molecular weight excluding hydrogens is 260 g/mol. The van der Waals surface area contributed by atoms with Crippen LogP contribution in [-0.4, -0.2) is 49.7 Å². The van der Waals surface area contributed by atoms with Crippen LogP contribution in [0.2, 0.25) is 0 Å². The number of nitro groups is 1. The largest absolute Gasteiger partial charge is 0.497 e. The van der Waals surface area contributed by atoms with E-state index in [1.54, 1.807) is 12.1 Å². The molecule has 0 spiro atoms. The maximum atomic E-state index is 11.1. The molecule has 1 aromatic carbocycles. The van der Waals surface area contributed by atoms with E-state index in [0.717, 1.165) is 13.1 Å². The zero-order valence-corrected chi connectivity index (χ0v) is 11.3. The van der Waals surface area contributed by atoms with Crippen LogP contribution in [0.25, 0.3) is 0 Å². The van der Waals surface area contributed by atoms with Gasteiger partial charge in [0.2, 0.25) is 0 Å². The van der Waals surface area contributed by atoms with Gasteiger partial charge in [-0.1, -0.05) is 0 Å². The molecule has 0 saturated carbocycles. The van der Waals surface area contributed by atoms with Crippen molar-refractivity contribution in [1.82, 2.24) is 4.90 Å². The minimum absolute atomic E-state index is 0.0829. The summed E-state index contributed by atoms with van der Waals surface area (Å²) in [7, 11) is 1.54. The van der Waals surface area contributed by atoms with Gasteiger partial charge in [-0.2, -0.15) is 5.26 Å². The Morgan fingerprint density at radius 1 is 1.40 bits per heavy atom. The molecule has 1 aliphatic heterocycles. The lowest BCUT2D eigenvalue weighted by atomic mass is 10.2. The average Bonchev–Trinajstić information content (AvgIpc) is 2.47. The minimum Gasteiger partial charge on any atom is -0.497 e. The van der Waals surface area contributed by atoms with Crippen molar-refractivity contribution in [3.8, 4) is 11.8 Å². The molecule has 1 aromatic rings. The van der Waals surface area contributed by atoms with E-state index in [0.29, 0.717) is 31.1 Å². The molecule has 0 N–H and O–H groups in total. The van der Waals surface area contributed by atoms with E-state index in [1.165, 1.54) is 13.2 Å². The van der Waals surface area contributed by atoms with Gasteiger partial charge in [0, 0.05) is 38.3 Å². The van der Waals surface area contributed by atoms with E-state index < -0.39 is 0 Å². The lowest BCUT2D eigenvalue weighted by molar-refractivity contribution is -0.384. The van der Waals surface area contributed by atoms with Crippen LogP contribution in [0.15, 0.2) is 18.2 Å². The van der Waals surface area contributed by atoms with Crippen LogP contribution in [0.5, 0.6) is 5.75 Å². The second-order valence-electron chi connectivity index (χ2n) is 4.53. The molecule has 1 heterocycles. The van der Waals surface area contributed by atoms with Gasteiger partial charge >= 0.3 is 0 Å². The van der Waals surface area contributed by atoms with Crippen LogP contribution in [0.1, 0.15) is 0 Å². The van der Waals surface area contributed by atoms with E-state index in [1.807, 2.05) is 9.80 Å². The third kappa shape index (κ3) is 2.97. The predicted octanol–water partition coefficient (Wildman–Crippen LogP) is 1.25. The van der Waals surface area contributed by atoms with Gasteiger partial charge in [0.15, 0.2) is 0 Å². The number of piperazine rings is 1. The first-order chi connectivity index (χ1) is 9.65. The first kappa shape index (κ1) is 14.1. The van der Waals surface area contributed by atoms with Crippen LogP contribution in [0.3, 0.4) is 0 Å². The van der Waals surface area contributed by atoms with E-state index >= 15 is 0 Å². The molecule has 7 heteroatoms. The Bertz CT molecular complexity index is 533. The quantitative estimate of drug-likeness (QED) is 0.467. The van der Waals surface area contributed by atoms with Gasteiger partial charge in [-0.25, -0.2) is 0 Å². The highest BCUT2D eigenvalue weighted by Crippen LogP contribution is 2.32. The van der Waals surface area contributed by atoms with E-state index in [2.05, 4.69) is 6.07 Å². The minimum atomic E-state index is -0.379. The van der Waals surface area contributed by atoms with Crippen molar-refractivity contribution in [1.29, 1.82) is 5.26 Å². The Morgan fingerprint density at radius 3 is 2.65 bits per heavy atom. The fourth-order valence-corrected chi connectivity index (χ4v) is 2.28. The molecule has 0 amide bonds. The molecular formula is C13H16N4O3. The molecule has 0 unspecified atom stereocenters. The number of nitriles is 1. The van der Waals surface area contributed by atoms with E-state index in [4.69, 9.17) is 10.00 Å². The maximum absolute atomic E-state index is 11.1. The number of hydrogen-bond donors (Lipinski definition) is 0. The molecule has 106 valence electrons. The Balaban J connectivity index is 2.20. The van der Waals surface area contributed by atoms with Gasteiger partial charge in [0.1, 0.15) is 11.4 Å². The molecule has 0 bridgehead atoms. The summed E-state index contributed by atoms with van der Waals surface area (Å²) in [5, 5.41) is 19.8. The second-order valence-corrected chi connectivity index (χ2v) is 4.53. The summed E-state index contributed by atoms with van der Waals surface area (Å²) in [6, 6.07) is 6.87. The van der Waals surface area contributed by atoms with Crippen molar-refractivity contribution < 1.29 is 9.66 Å².